The van der Waals surface area contributed by atoms with E-state index in [1.165, 1.54) is 6.07 Å². The van der Waals surface area contributed by atoms with Crippen LogP contribution >= 0.6 is 0 Å². The van der Waals surface area contributed by atoms with Crippen LogP contribution in [0, 0.1) is 10.1 Å². The number of carbonyl (C=O) groups is 1. The molecule has 1 heterocycles. The smallest absolute Gasteiger partial charge is 0.294 e. The summed E-state index contributed by atoms with van der Waals surface area (Å²) in [6.07, 6.45) is 1.04. The standard InChI is InChI=1S/C12H15N3O3/c1-7(2)13-10-5-8-3-4-12(16)14-9(8)6-11(10)15(17)18/h5-7,13H,3-4H2,1-2H3,(H,14,16). The summed E-state index contributed by atoms with van der Waals surface area (Å²) < 4.78 is 0. The first-order chi connectivity index (χ1) is 8.47. The van der Waals surface area contributed by atoms with Gasteiger partial charge in [0.05, 0.1) is 10.6 Å². The Morgan fingerprint density at radius 3 is 2.72 bits per heavy atom. The minimum atomic E-state index is -0.439. The number of benzene rings is 1. The van der Waals surface area contributed by atoms with E-state index in [-0.39, 0.29) is 17.6 Å². The van der Waals surface area contributed by atoms with Crippen LogP contribution in [0.1, 0.15) is 25.8 Å². The molecule has 1 aliphatic heterocycles. The first-order valence-electron chi connectivity index (χ1n) is 5.85. The molecule has 2 rings (SSSR count). The molecule has 2 N–H and O–H groups in total. The summed E-state index contributed by atoms with van der Waals surface area (Å²) in [5, 5.41) is 16.7. The molecule has 0 radical (unpaired) electrons. The summed E-state index contributed by atoms with van der Waals surface area (Å²) in [5.41, 5.74) is 1.98. The second-order valence-electron chi connectivity index (χ2n) is 4.63. The topological polar surface area (TPSA) is 84.3 Å². The monoisotopic (exact) mass is 249 g/mol. The van der Waals surface area contributed by atoms with Crippen molar-refractivity contribution in [1.29, 1.82) is 0 Å². The Bertz CT molecular complexity index is 512. The fourth-order valence-corrected chi connectivity index (χ4v) is 1.99. The van der Waals surface area contributed by atoms with Gasteiger partial charge in [-0.2, -0.15) is 0 Å². The highest BCUT2D eigenvalue weighted by Gasteiger charge is 2.22. The van der Waals surface area contributed by atoms with E-state index >= 15 is 0 Å². The zero-order chi connectivity index (χ0) is 13.3. The molecule has 0 atom stereocenters. The number of nitro benzene ring substituents is 1. The van der Waals surface area contributed by atoms with Gasteiger partial charge in [-0.15, -0.1) is 0 Å². The van der Waals surface area contributed by atoms with Gasteiger partial charge in [0.15, 0.2) is 0 Å². The number of carbonyl (C=O) groups excluding carboxylic acids is 1. The predicted molar refractivity (Wildman–Crippen MR) is 68.8 cm³/mol. The van der Waals surface area contributed by atoms with Gasteiger partial charge in [-0.25, -0.2) is 0 Å². The molecule has 0 fully saturated rings. The molecular formula is C12H15N3O3. The second-order valence-corrected chi connectivity index (χ2v) is 4.63. The van der Waals surface area contributed by atoms with Crippen molar-refractivity contribution in [3.8, 4) is 0 Å². The predicted octanol–water partition coefficient (Wildman–Crippen LogP) is 2.30. The molecule has 1 aliphatic rings. The van der Waals surface area contributed by atoms with Crippen molar-refractivity contribution in [3.63, 3.8) is 0 Å². The number of nitrogens with zero attached hydrogens (tertiary/aromatic N) is 1. The van der Waals surface area contributed by atoms with Gasteiger partial charge in [0.2, 0.25) is 5.91 Å². The SMILES string of the molecule is CC(C)Nc1cc2c(cc1[N+](=O)[O-])NC(=O)CC2. The molecule has 96 valence electrons. The lowest BCUT2D eigenvalue weighted by Crippen LogP contribution is -2.20. The van der Waals surface area contributed by atoms with Crippen molar-refractivity contribution in [3.05, 3.63) is 27.8 Å². The fourth-order valence-electron chi connectivity index (χ4n) is 1.99. The highest BCUT2D eigenvalue weighted by molar-refractivity contribution is 5.95. The molecule has 1 amide bonds. The molecular weight excluding hydrogens is 234 g/mol. The molecule has 0 aliphatic carbocycles. The van der Waals surface area contributed by atoms with Gasteiger partial charge in [0, 0.05) is 18.5 Å². The molecule has 0 bridgehead atoms. The zero-order valence-electron chi connectivity index (χ0n) is 10.3. The van der Waals surface area contributed by atoms with E-state index in [0.717, 1.165) is 5.56 Å². The van der Waals surface area contributed by atoms with E-state index in [9.17, 15) is 14.9 Å². The summed E-state index contributed by atoms with van der Waals surface area (Å²) >= 11 is 0. The Morgan fingerprint density at radius 2 is 2.11 bits per heavy atom. The van der Waals surface area contributed by atoms with Crippen molar-refractivity contribution >= 4 is 23.0 Å². The molecule has 6 nitrogen and oxygen atoms in total. The van der Waals surface area contributed by atoms with Crippen LogP contribution in [-0.4, -0.2) is 16.9 Å². The average molecular weight is 249 g/mol. The third-order valence-corrected chi connectivity index (χ3v) is 2.76. The van der Waals surface area contributed by atoms with E-state index in [4.69, 9.17) is 0 Å². The Morgan fingerprint density at radius 1 is 1.39 bits per heavy atom. The molecule has 18 heavy (non-hydrogen) atoms. The summed E-state index contributed by atoms with van der Waals surface area (Å²) in [4.78, 5) is 21.9. The van der Waals surface area contributed by atoms with Gasteiger partial charge < -0.3 is 10.6 Å². The maximum atomic E-state index is 11.3. The summed E-state index contributed by atoms with van der Waals surface area (Å²) in [7, 11) is 0. The van der Waals surface area contributed by atoms with Crippen LogP contribution in [0.4, 0.5) is 17.1 Å². The summed E-state index contributed by atoms with van der Waals surface area (Å²) in [6.45, 7) is 3.84. The van der Waals surface area contributed by atoms with Crippen LogP contribution in [0.25, 0.3) is 0 Å². The number of rotatable bonds is 3. The van der Waals surface area contributed by atoms with Gasteiger partial charge >= 0.3 is 0 Å². The number of amides is 1. The van der Waals surface area contributed by atoms with Crippen LogP contribution in [0.15, 0.2) is 12.1 Å². The molecule has 0 spiro atoms. The quantitative estimate of drug-likeness (QED) is 0.636. The number of hydrogen-bond acceptors (Lipinski definition) is 4. The Labute approximate surface area is 105 Å². The van der Waals surface area contributed by atoms with Gasteiger partial charge in [-0.1, -0.05) is 0 Å². The number of fused-ring (bicyclic) bond motifs is 1. The van der Waals surface area contributed by atoms with E-state index in [2.05, 4.69) is 10.6 Å². The number of nitro groups is 1. The number of nitrogens with one attached hydrogen (secondary N) is 2. The van der Waals surface area contributed by atoms with Gasteiger partial charge in [0.1, 0.15) is 5.69 Å². The van der Waals surface area contributed by atoms with Crippen molar-refractivity contribution < 1.29 is 9.72 Å². The first-order valence-corrected chi connectivity index (χ1v) is 5.85. The highest BCUT2D eigenvalue weighted by atomic mass is 16.6. The van der Waals surface area contributed by atoms with E-state index in [1.807, 2.05) is 13.8 Å². The maximum Gasteiger partial charge on any atom is 0.294 e. The van der Waals surface area contributed by atoms with Crippen molar-refractivity contribution in [1.82, 2.24) is 0 Å². The van der Waals surface area contributed by atoms with Gasteiger partial charge in [-0.05, 0) is 31.9 Å². The summed E-state index contributed by atoms with van der Waals surface area (Å²) in [6, 6.07) is 3.30. The molecule has 0 aromatic heterocycles. The number of aryl methyl sites for hydroxylation is 1. The minimum Gasteiger partial charge on any atom is -0.377 e. The zero-order valence-corrected chi connectivity index (χ0v) is 10.3. The highest BCUT2D eigenvalue weighted by Crippen LogP contribution is 2.34. The Hall–Kier alpha value is -2.11. The fraction of sp³-hybridized carbons (Fsp3) is 0.417. The van der Waals surface area contributed by atoms with Crippen molar-refractivity contribution in [2.75, 3.05) is 10.6 Å². The summed E-state index contributed by atoms with van der Waals surface area (Å²) in [5.74, 6) is -0.0960. The average Bonchev–Trinajstić information content (AvgIpc) is 2.27. The molecule has 6 heteroatoms. The lowest BCUT2D eigenvalue weighted by molar-refractivity contribution is -0.383. The van der Waals surface area contributed by atoms with Crippen LogP contribution < -0.4 is 10.6 Å². The van der Waals surface area contributed by atoms with Crippen LogP contribution in [-0.2, 0) is 11.2 Å². The van der Waals surface area contributed by atoms with E-state index in [0.29, 0.717) is 24.2 Å². The van der Waals surface area contributed by atoms with E-state index in [1.54, 1.807) is 6.07 Å². The first kappa shape index (κ1) is 12.3. The molecule has 1 aromatic carbocycles. The Kier molecular flexibility index (Phi) is 3.18. The third kappa shape index (κ3) is 2.42. The van der Waals surface area contributed by atoms with Crippen LogP contribution in [0.2, 0.25) is 0 Å². The lowest BCUT2D eigenvalue weighted by Gasteiger charge is -2.19. The van der Waals surface area contributed by atoms with E-state index < -0.39 is 4.92 Å². The van der Waals surface area contributed by atoms with Crippen molar-refractivity contribution in [2.24, 2.45) is 0 Å². The second kappa shape index (κ2) is 4.64. The molecule has 0 saturated heterocycles. The van der Waals surface area contributed by atoms with Crippen LogP contribution in [0.3, 0.4) is 0 Å². The lowest BCUT2D eigenvalue weighted by atomic mass is 10.0. The maximum absolute atomic E-state index is 11.3. The normalized spacial score (nSPS) is 14.1. The van der Waals surface area contributed by atoms with Gasteiger partial charge in [0.25, 0.3) is 5.69 Å². The molecule has 0 saturated carbocycles. The molecule has 0 unspecified atom stereocenters. The van der Waals surface area contributed by atoms with Gasteiger partial charge in [-0.3, -0.25) is 14.9 Å². The third-order valence-electron chi connectivity index (χ3n) is 2.76. The van der Waals surface area contributed by atoms with Crippen molar-refractivity contribution in [2.45, 2.75) is 32.7 Å². The van der Waals surface area contributed by atoms with Crippen LogP contribution in [0.5, 0.6) is 0 Å². The molecule has 1 aromatic rings. The Balaban J connectivity index is 2.46. The number of anilines is 2. The largest absolute Gasteiger partial charge is 0.377 e. The minimum absolute atomic E-state index is 0.00958. The number of hydrogen-bond donors (Lipinski definition) is 2.